The summed E-state index contributed by atoms with van der Waals surface area (Å²) >= 11 is 0. The first-order chi connectivity index (χ1) is 12.5. The molecule has 1 aromatic carbocycles. The van der Waals surface area contributed by atoms with Crippen molar-refractivity contribution in [1.82, 2.24) is 25.4 Å². The van der Waals surface area contributed by atoms with Crippen LogP contribution in [-0.4, -0.2) is 45.0 Å². The molecule has 1 aliphatic heterocycles. The number of aliphatic imine (C=N–C) groups is 1. The second-order valence-electron chi connectivity index (χ2n) is 6.78. The minimum absolute atomic E-state index is 0.248. The zero-order chi connectivity index (χ0) is 18.5. The van der Waals surface area contributed by atoms with Crippen LogP contribution >= 0.6 is 0 Å². The first-order valence-electron chi connectivity index (χ1n) is 9.25. The van der Waals surface area contributed by atoms with Gasteiger partial charge >= 0.3 is 0 Å². The Labute approximate surface area is 154 Å². The summed E-state index contributed by atoms with van der Waals surface area (Å²) in [7, 11) is 0. The van der Waals surface area contributed by atoms with Crippen molar-refractivity contribution in [3.05, 3.63) is 47.0 Å². The van der Waals surface area contributed by atoms with Crippen molar-refractivity contribution in [3.63, 3.8) is 0 Å². The third kappa shape index (κ3) is 4.60. The Kier molecular flexibility index (Phi) is 5.88. The SMILES string of the molecule is CCNC(=NCC(O)c1ccc(C)cc1)NC1CCc2nc(C)nn2C1. The molecule has 0 aliphatic carbocycles. The number of guanidine groups is 1. The number of rotatable bonds is 5. The van der Waals surface area contributed by atoms with E-state index in [-0.39, 0.29) is 6.04 Å². The number of benzene rings is 1. The number of aliphatic hydroxyl groups excluding tert-OH is 1. The van der Waals surface area contributed by atoms with Crippen LogP contribution in [-0.2, 0) is 13.0 Å². The number of hydrogen-bond acceptors (Lipinski definition) is 4. The summed E-state index contributed by atoms with van der Waals surface area (Å²) in [6.07, 6.45) is 1.29. The average Bonchev–Trinajstić information content (AvgIpc) is 2.99. The highest BCUT2D eigenvalue weighted by molar-refractivity contribution is 5.80. The molecular weight excluding hydrogens is 328 g/mol. The molecule has 7 nitrogen and oxygen atoms in total. The van der Waals surface area contributed by atoms with Gasteiger partial charge in [0.1, 0.15) is 11.6 Å². The molecule has 0 radical (unpaired) electrons. The van der Waals surface area contributed by atoms with Crippen LogP contribution in [0.1, 0.15) is 42.2 Å². The Morgan fingerprint density at radius 1 is 1.35 bits per heavy atom. The van der Waals surface area contributed by atoms with Gasteiger partial charge in [-0.25, -0.2) is 9.67 Å². The normalized spacial score (nSPS) is 18.3. The number of nitrogens with zero attached hydrogens (tertiary/aromatic N) is 4. The molecule has 1 aliphatic rings. The molecule has 0 saturated carbocycles. The van der Waals surface area contributed by atoms with E-state index in [1.54, 1.807) is 0 Å². The van der Waals surface area contributed by atoms with E-state index < -0.39 is 6.10 Å². The molecule has 2 aromatic rings. The lowest BCUT2D eigenvalue weighted by Gasteiger charge is -2.25. The zero-order valence-corrected chi connectivity index (χ0v) is 15.7. The molecule has 140 valence electrons. The Hall–Kier alpha value is -2.41. The Bertz CT molecular complexity index is 752. The van der Waals surface area contributed by atoms with E-state index in [1.807, 2.05) is 49.7 Å². The maximum atomic E-state index is 10.4. The molecule has 2 heterocycles. The van der Waals surface area contributed by atoms with Gasteiger partial charge < -0.3 is 15.7 Å². The van der Waals surface area contributed by atoms with Crippen molar-refractivity contribution in [2.24, 2.45) is 4.99 Å². The summed E-state index contributed by atoms with van der Waals surface area (Å²) < 4.78 is 1.97. The van der Waals surface area contributed by atoms with Crippen LogP contribution < -0.4 is 10.6 Å². The fourth-order valence-electron chi connectivity index (χ4n) is 3.14. The van der Waals surface area contributed by atoms with Gasteiger partial charge in [0.15, 0.2) is 5.96 Å². The molecule has 26 heavy (non-hydrogen) atoms. The third-order valence-electron chi connectivity index (χ3n) is 4.53. The summed E-state index contributed by atoms with van der Waals surface area (Å²) in [4.78, 5) is 9.01. The lowest BCUT2D eigenvalue weighted by atomic mass is 10.1. The summed E-state index contributed by atoms with van der Waals surface area (Å²) in [5.41, 5.74) is 2.06. The van der Waals surface area contributed by atoms with Gasteiger partial charge in [0, 0.05) is 19.0 Å². The first kappa shape index (κ1) is 18.4. The van der Waals surface area contributed by atoms with E-state index in [0.717, 1.165) is 49.1 Å². The molecular formula is C19H28N6O. The Morgan fingerprint density at radius 2 is 2.12 bits per heavy atom. The quantitative estimate of drug-likeness (QED) is 0.558. The fourth-order valence-corrected chi connectivity index (χ4v) is 3.14. The molecule has 0 bridgehead atoms. The van der Waals surface area contributed by atoms with Gasteiger partial charge in [-0.15, -0.1) is 0 Å². The van der Waals surface area contributed by atoms with E-state index in [9.17, 15) is 5.11 Å². The summed E-state index contributed by atoms with van der Waals surface area (Å²) in [6.45, 7) is 7.86. The van der Waals surface area contributed by atoms with Crippen LogP contribution in [0.25, 0.3) is 0 Å². The van der Waals surface area contributed by atoms with E-state index in [1.165, 1.54) is 5.56 Å². The summed E-state index contributed by atoms with van der Waals surface area (Å²) in [5.74, 6) is 2.60. The molecule has 3 rings (SSSR count). The fraction of sp³-hybridized carbons (Fsp3) is 0.526. The molecule has 0 saturated heterocycles. The summed E-state index contributed by atoms with van der Waals surface area (Å²) in [5, 5.41) is 21.5. The minimum Gasteiger partial charge on any atom is -0.386 e. The summed E-state index contributed by atoms with van der Waals surface area (Å²) in [6, 6.07) is 8.16. The van der Waals surface area contributed by atoms with Crippen molar-refractivity contribution >= 4 is 5.96 Å². The topological polar surface area (TPSA) is 87.4 Å². The number of fused-ring (bicyclic) bond motifs is 1. The number of hydrogen-bond donors (Lipinski definition) is 3. The van der Waals surface area contributed by atoms with Gasteiger partial charge in [0.25, 0.3) is 0 Å². The van der Waals surface area contributed by atoms with E-state index >= 15 is 0 Å². The largest absolute Gasteiger partial charge is 0.386 e. The maximum absolute atomic E-state index is 10.4. The van der Waals surface area contributed by atoms with Gasteiger partial charge in [-0.1, -0.05) is 29.8 Å². The van der Waals surface area contributed by atoms with Crippen molar-refractivity contribution < 1.29 is 5.11 Å². The predicted octanol–water partition coefficient (Wildman–Crippen LogP) is 1.50. The van der Waals surface area contributed by atoms with Crippen molar-refractivity contribution in [3.8, 4) is 0 Å². The third-order valence-corrected chi connectivity index (χ3v) is 4.53. The van der Waals surface area contributed by atoms with Gasteiger partial charge in [-0.05, 0) is 32.8 Å². The van der Waals surface area contributed by atoms with E-state index in [4.69, 9.17) is 0 Å². The van der Waals surface area contributed by atoms with Crippen molar-refractivity contribution in [2.75, 3.05) is 13.1 Å². The molecule has 0 spiro atoms. The van der Waals surface area contributed by atoms with Crippen LogP contribution in [0.5, 0.6) is 0 Å². The molecule has 2 atom stereocenters. The van der Waals surface area contributed by atoms with Gasteiger partial charge in [0.05, 0.1) is 19.2 Å². The number of nitrogens with one attached hydrogen (secondary N) is 2. The van der Waals surface area contributed by atoms with E-state index in [0.29, 0.717) is 6.54 Å². The van der Waals surface area contributed by atoms with Crippen molar-refractivity contribution in [1.29, 1.82) is 0 Å². The number of aromatic nitrogens is 3. The number of aryl methyl sites for hydroxylation is 3. The highest BCUT2D eigenvalue weighted by atomic mass is 16.3. The monoisotopic (exact) mass is 356 g/mol. The highest BCUT2D eigenvalue weighted by Gasteiger charge is 2.21. The van der Waals surface area contributed by atoms with Gasteiger partial charge in [-0.3, -0.25) is 4.99 Å². The molecule has 7 heteroatoms. The Balaban J connectivity index is 1.61. The molecule has 1 aromatic heterocycles. The van der Waals surface area contributed by atoms with Gasteiger partial charge in [0.2, 0.25) is 0 Å². The lowest BCUT2D eigenvalue weighted by molar-refractivity contribution is 0.187. The van der Waals surface area contributed by atoms with Crippen LogP contribution in [0.3, 0.4) is 0 Å². The van der Waals surface area contributed by atoms with Gasteiger partial charge in [-0.2, -0.15) is 5.10 Å². The zero-order valence-electron chi connectivity index (χ0n) is 15.7. The minimum atomic E-state index is -0.609. The second-order valence-corrected chi connectivity index (χ2v) is 6.78. The maximum Gasteiger partial charge on any atom is 0.191 e. The average molecular weight is 356 g/mol. The highest BCUT2D eigenvalue weighted by Crippen LogP contribution is 2.15. The van der Waals surface area contributed by atoms with Crippen LogP contribution in [0, 0.1) is 13.8 Å². The second kappa shape index (κ2) is 8.31. The smallest absolute Gasteiger partial charge is 0.191 e. The molecule has 0 fully saturated rings. The number of aliphatic hydroxyl groups is 1. The standard InChI is InChI=1S/C19H28N6O/c1-4-20-19(21-11-17(26)15-7-5-13(2)6-8-15)23-16-9-10-18-22-14(3)24-25(18)12-16/h5-8,16-17,26H,4,9-12H2,1-3H3,(H2,20,21,23). The molecule has 0 amide bonds. The van der Waals surface area contributed by atoms with Crippen LogP contribution in [0.15, 0.2) is 29.3 Å². The lowest BCUT2D eigenvalue weighted by Crippen LogP contribution is -2.47. The van der Waals surface area contributed by atoms with Crippen molar-refractivity contribution in [2.45, 2.75) is 52.3 Å². The predicted molar refractivity (Wildman–Crippen MR) is 102 cm³/mol. The molecule has 3 N–H and O–H groups in total. The van der Waals surface area contributed by atoms with E-state index in [2.05, 4.69) is 25.7 Å². The Morgan fingerprint density at radius 3 is 2.85 bits per heavy atom. The van der Waals surface area contributed by atoms with Crippen LogP contribution in [0.2, 0.25) is 0 Å². The van der Waals surface area contributed by atoms with Crippen LogP contribution in [0.4, 0.5) is 0 Å². The molecule has 2 unspecified atom stereocenters. The first-order valence-corrected chi connectivity index (χ1v) is 9.25.